The quantitative estimate of drug-likeness (QED) is 0.389. The molecule has 0 bridgehead atoms. The van der Waals surface area contributed by atoms with Gasteiger partial charge in [0.15, 0.2) is 0 Å². The zero-order valence-corrected chi connectivity index (χ0v) is 18.6. The van der Waals surface area contributed by atoms with Gasteiger partial charge in [0, 0.05) is 12.2 Å². The molecule has 0 aliphatic rings. The lowest BCUT2D eigenvalue weighted by molar-refractivity contribution is -0.137. The molecular formula is C24H23F3N6O. The highest BCUT2D eigenvalue weighted by atomic mass is 19.4. The van der Waals surface area contributed by atoms with Crippen LogP contribution in [0.1, 0.15) is 36.6 Å². The van der Waals surface area contributed by atoms with Crippen molar-refractivity contribution in [2.75, 3.05) is 10.6 Å². The van der Waals surface area contributed by atoms with Crippen LogP contribution in [0.15, 0.2) is 60.9 Å². The van der Waals surface area contributed by atoms with Crippen LogP contribution in [-0.4, -0.2) is 25.7 Å². The van der Waals surface area contributed by atoms with Gasteiger partial charge < -0.3 is 10.6 Å². The summed E-state index contributed by atoms with van der Waals surface area (Å²) in [5, 5.41) is 10.4. The van der Waals surface area contributed by atoms with Crippen LogP contribution in [-0.2, 0) is 23.9 Å². The normalized spacial score (nSPS) is 12.5. The number of aryl methyl sites for hydroxylation is 1. The molecule has 176 valence electrons. The third-order valence-electron chi connectivity index (χ3n) is 5.25. The van der Waals surface area contributed by atoms with E-state index in [1.54, 1.807) is 29.1 Å². The maximum Gasteiger partial charge on any atom is 0.416 e. The number of amides is 1. The lowest BCUT2D eigenvalue weighted by Crippen LogP contribution is -2.16. The van der Waals surface area contributed by atoms with E-state index in [2.05, 4.69) is 25.7 Å². The van der Waals surface area contributed by atoms with E-state index in [9.17, 15) is 18.0 Å². The van der Waals surface area contributed by atoms with E-state index in [1.165, 1.54) is 12.1 Å². The van der Waals surface area contributed by atoms with Crippen molar-refractivity contribution in [2.45, 2.75) is 39.0 Å². The largest absolute Gasteiger partial charge is 0.416 e. The molecule has 1 amide bonds. The monoisotopic (exact) mass is 468 g/mol. The first kappa shape index (κ1) is 23.2. The number of aromatic nitrogens is 4. The number of halogens is 3. The zero-order chi connectivity index (χ0) is 24.3. The number of alkyl halides is 3. The summed E-state index contributed by atoms with van der Waals surface area (Å²) in [5.74, 6) is 0.167. The Morgan fingerprint density at radius 2 is 1.94 bits per heavy atom. The predicted molar refractivity (Wildman–Crippen MR) is 123 cm³/mol. The molecule has 34 heavy (non-hydrogen) atoms. The van der Waals surface area contributed by atoms with Gasteiger partial charge in [-0.05, 0) is 43.2 Å². The van der Waals surface area contributed by atoms with Gasteiger partial charge in [-0.15, -0.1) is 0 Å². The van der Waals surface area contributed by atoms with Gasteiger partial charge in [-0.1, -0.05) is 30.3 Å². The van der Waals surface area contributed by atoms with E-state index in [1.807, 2.05) is 26.1 Å². The van der Waals surface area contributed by atoms with Crippen LogP contribution >= 0.6 is 0 Å². The Labute approximate surface area is 194 Å². The molecule has 0 spiro atoms. The van der Waals surface area contributed by atoms with Crippen LogP contribution in [0.5, 0.6) is 0 Å². The summed E-state index contributed by atoms with van der Waals surface area (Å²) >= 11 is 0. The van der Waals surface area contributed by atoms with Gasteiger partial charge in [-0.25, -0.2) is 9.97 Å². The van der Waals surface area contributed by atoms with E-state index in [0.717, 1.165) is 24.2 Å². The van der Waals surface area contributed by atoms with Crippen LogP contribution in [0.4, 0.5) is 24.7 Å². The number of carbonyl (C=O) groups excluding carboxylic acids is 1. The maximum atomic E-state index is 12.9. The average molecular weight is 468 g/mol. The van der Waals surface area contributed by atoms with Crippen molar-refractivity contribution in [1.82, 2.24) is 19.7 Å². The number of carbonyl (C=O) groups is 1. The lowest BCUT2D eigenvalue weighted by Gasteiger charge is -2.16. The second-order valence-corrected chi connectivity index (χ2v) is 7.86. The molecule has 4 aromatic rings. The number of hydrogen-bond donors (Lipinski definition) is 2. The summed E-state index contributed by atoms with van der Waals surface area (Å²) in [6, 6.07) is 11.8. The van der Waals surface area contributed by atoms with Gasteiger partial charge in [0.05, 0.1) is 30.4 Å². The zero-order valence-electron chi connectivity index (χ0n) is 18.6. The summed E-state index contributed by atoms with van der Waals surface area (Å²) in [5.41, 5.74) is 2.21. The fourth-order valence-electron chi connectivity index (χ4n) is 3.52. The number of benzene rings is 2. The van der Waals surface area contributed by atoms with Crippen LogP contribution < -0.4 is 10.6 Å². The summed E-state index contributed by atoms with van der Waals surface area (Å²) in [4.78, 5) is 21.3. The van der Waals surface area contributed by atoms with E-state index >= 15 is 0 Å². The number of nitrogens with one attached hydrogen (secondary N) is 2. The molecule has 0 radical (unpaired) electrons. The van der Waals surface area contributed by atoms with E-state index in [4.69, 9.17) is 0 Å². The molecule has 0 saturated carbocycles. The van der Waals surface area contributed by atoms with Gasteiger partial charge in [0.25, 0.3) is 0 Å². The number of nitrogens with zero attached hydrogens (tertiary/aromatic N) is 4. The Bertz CT molecular complexity index is 1320. The van der Waals surface area contributed by atoms with Crippen LogP contribution in [0, 0.1) is 0 Å². The standard InChI is InChI=1S/C24H23F3N6O/c1-3-33-14-20-23(32-33)31-21(13-28-20)29-15(2)17-7-5-9-19(12-17)30-22(34)11-16-6-4-8-18(10-16)24(25,26)27/h4-10,12-15H,3,11H2,1-2H3,(H,30,34)(H,29,31,32)/t15-/m0/s1. The molecule has 2 aromatic heterocycles. The first-order chi connectivity index (χ1) is 16.2. The second kappa shape index (κ2) is 9.50. The topological polar surface area (TPSA) is 84.7 Å². The Hall–Kier alpha value is -3.95. The minimum absolute atomic E-state index is 0.152. The van der Waals surface area contributed by atoms with Gasteiger partial charge in [-0.2, -0.15) is 18.3 Å². The minimum Gasteiger partial charge on any atom is -0.362 e. The third-order valence-corrected chi connectivity index (χ3v) is 5.25. The Kier molecular flexibility index (Phi) is 6.49. The maximum absolute atomic E-state index is 12.9. The fraction of sp³-hybridized carbons (Fsp3) is 0.250. The first-order valence-electron chi connectivity index (χ1n) is 10.7. The minimum atomic E-state index is -4.45. The smallest absolute Gasteiger partial charge is 0.362 e. The highest BCUT2D eigenvalue weighted by Gasteiger charge is 2.30. The predicted octanol–water partition coefficient (Wildman–Crippen LogP) is 5.22. The van der Waals surface area contributed by atoms with Crippen molar-refractivity contribution in [3.05, 3.63) is 77.6 Å². The number of rotatable bonds is 7. The molecule has 0 aliphatic heterocycles. The summed E-state index contributed by atoms with van der Waals surface area (Å²) in [6.07, 6.45) is -1.14. The van der Waals surface area contributed by atoms with Crippen molar-refractivity contribution < 1.29 is 18.0 Å². The molecule has 0 aliphatic carbocycles. The van der Waals surface area contributed by atoms with Crippen molar-refractivity contribution in [3.8, 4) is 0 Å². The van der Waals surface area contributed by atoms with Crippen molar-refractivity contribution >= 4 is 28.6 Å². The van der Waals surface area contributed by atoms with Crippen molar-refractivity contribution in [2.24, 2.45) is 0 Å². The van der Waals surface area contributed by atoms with Crippen molar-refractivity contribution in [3.63, 3.8) is 0 Å². The molecule has 2 heterocycles. The highest BCUT2D eigenvalue weighted by molar-refractivity contribution is 5.92. The molecule has 4 rings (SSSR count). The fourth-order valence-corrected chi connectivity index (χ4v) is 3.52. The molecule has 2 N–H and O–H groups in total. The molecule has 7 nitrogen and oxygen atoms in total. The molecular weight excluding hydrogens is 445 g/mol. The Morgan fingerprint density at radius 1 is 1.15 bits per heavy atom. The van der Waals surface area contributed by atoms with Gasteiger partial charge >= 0.3 is 6.18 Å². The van der Waals surface area contributed by atoms with Crippen molar-refractivity contribution in [1.29, 1.82) is 0 Å². The molecule has 10 heteroatoms. The highest BCUT2D eigenvalue weighted by Crippen LogP contribution is 2.29. The van der Waals surface area contributed by atoms with Crippen LogP contribution in [0.25, 0.3) is 11.2 Å². The summed E-state index contributed by atoms with van der Waals surface area (Å²) in [6.45, 7) is 4.65. The van der Waals surface area contributed by atoms with Gasteiger partial charge in [0.1, 0.15) is 11.3 Å². The van der Waals surface area contributed by atoms with E-state index < -0.39 is 17.6 Å². The Balaban J connectivity index is 1.41. The van der Waals surface area contributed by atoms with Crippen LogP contribution in [0.3, 0.4) is 0 Å². The first-order valence-corrected chi connectivity index (χ1v) is 10.7. The van der Waals surface area contributed by atoms with Crippen LogP contribution in [0.2, 0.25) is 0 Å². The van der Waals surface area contributed by atoms with Gasteiger partial charge in [-0.3, -0.25) is 9.48 Å². The van der Waals surface area contributed by atoms with Gasteiger partial charge in [0.2, 0.25) is 11.6 Å². The Morgan fingerprint density at radius 3 is 2.71 bits per heavy atom. The molecule has 0 fully saturated rings. The summed E-state index contributed by atoms with van der Waals surface area (Å²) in [7, 11) is 0. The number of hydrogen-bond acceptors (Lipinski definition) is 5. The van der Waals surface area contributed by atoms with E-state index in [-0.39, 0.29) is 18.0 Å². The molecule has 0 saturated heterocycles. The molecule has 1 atom stereocenters. The molecule has 0 unspecified atom stereocenters. The molecule has 2 aromatic carbocycles. The SMILES string of the molecule is CCn1cc2ncc(N[C@@H](C)c3cccc(NC(=O)Cc4cccc(C(F)(F)F)c4)c3)nc2n1. The third kappa shape index (κ3) is 5.51. The second-order valence-electron chi connectivity index (χ2n) is 7.86. The number of fused-ring (bicyclic) bond motifs is 1. The average Bonchev–Trinajstić information content (AvgIpc) is 3.21. The van der Waals surface area contributed by atoms with E-state index in [0.29, 0.717) is 22.7 Å². The summed E-state index contributed by atoms with van der Waals surface area (Å²) < 4.78 is 40.5. The lowest BCUT2D eigenvalue weighted by atomic mass is 10.1. The number of anilines is 2.